The number of hydrogen-bond donors (Lipinski definition) is 3. The molecule has 0 heterocycles. The van der Waals surface area contributed by atoms with Gasteiger partial charge in [0.15, 0.2) is 5.96 Å². The van der Waals surface area contributed by atoms with E-state index in [1.807, 2.05) is 38.1 Å². The molecule has 7 nitrogen and oxygen atoms in total. The molecule has 0 aliphatic rings. The van der Waals surface area contributed by atoms with Gasteiger partial charge in [0.25, 0.3) is 5.91 Å². The molecule has 0 aromatic heterocycles. The lowest BCUT2D eigenvalue weighted by Crippen LogP contribution is -2.41. The van der Waals surface area contributed by atoms with E-state index in [1.54, 1.807) is 7.11 Å². The second-order valence-electron chi connectivity index (χ2n) is 5.77. The third kappa shape index (κ3) is 12.6. The van der Waals surface area contributed by atoms with Gasteiger partial charge >= 0.3 is 0 Å². The van der Waals surface area contributed by atoms with Crippen LogP contribution in [0.5, 0.6) is 0 Å². The fourth-order valence-electron chi connectivity index (χ4n) is 2.19. The molecule has 0 bridgehead atoms. The number of amides is 1. The number of carbonyl (C=O) groups excluding carboxylic acids is 1. The number of carbonyl (C=O) groups is 1. The maximum Gasteiger partial charge on any atom is 0.251 e. The number of halogens is 1. The molecular formula is C19H33IN4O3. The molecule has 1 amide bonds. The van der Waals surface area contributed by atoms with Crippen molar-refractivity contribution in [2.45, 2.75) is 20.3 Å². The molecule has 0 radical (unpaired) electrons. The van der Waals surface area contributed by atoms with Gasteiger partial charge in [-0.2, -0.15) is 0 Å². The van der Waals surface area contributed by atoms with Gasteiger partial charge in [0.2, 0.25) is 0 Å². The van der Waals surface area contributed by atoms with E-state index in [0.29, 0.717) is 45.0 Å². The monoisotopic (exact) mass is 492 g/mol. The summed E-state index contributed by atoms with van der Waals surface area (Å²) in [5, 5.41) is 9.30. The summed E-state index contributed by atoms with van der Waals surface area (Å²) in [5.74, 6) is 0.680. The Bertz CT molecular complexity index is 556. The molecule has 1 aromatic carbocycles. The third-order valence-corrected chi connectivity index (χ3v) is 3.48. The molecular weight excluding hydrogens is 459 g/mol. The molecule has 0 fully saturated rings. The van der Waals surface area contributed by atoms with E-state index < -0.39 is 0 Å². The maximum absolute atomic E-state index is 12.1. The molecule has 0 saturated carbocycles. The number of nitrogens with zero attached hydrogens (tertiary/aromatic N) is 1. The lowest BCUT2D eigenvalue weighted by atomic mass is 10.1. The molecule has 0 atom stereocenters. The SMILES string of the molecule is CCNC(=NCCCOCCOC)NCCNC(=O)c1cccc(C)c1.I. The number of hydrogen-bond acceptors (Lipinski definition) is 4. The Labute approximate surface area is 179 Å². The maximum atomic E-state index is 12.1. The summed E-state index contributed by atoms with van der Waals surface area (Å²) in [7, 11) is 1.66. The van der Waals surface area contributed by atoms with Crippen molar-refractivity contribution < 1.29 is 14.3 Å². The van der Waals surface area contributed by atoms with Gasteiger partial charge in [0, 0.05) is 45.5 Å². The Morgan fingerprint density at radius 1 is 1.11 bits per heavy atom. The van der Waals surface area contributed by atoms with Crippen molar-refractivity contribution >= 4 is 35.8 Å². The first-order valence-corrected chi connectivity index (χ1v) is 9.11. The lowest BCUT2D eigenvalue weighted by molar-refractivity contribution is 0.0702. The van der Waals surface area contributed by atoms with Crippen LogP contribution in [0.1, 0.15) is 29.3 Å². The van der Waals surface area contributed by atoms with E-state index in [9.17, 15) is 4.79 Å². The van der Waals surface area contributed by atoms with E-state index in [1.165, 1.54) is 0 Å². The van der Waals surface area contributed by atoms with Crippen molar-refractivity contribution in [1.29, 1.82) is 0 Å². The number of guanidine groups is 1. The number of aliphatic imine (C=N–C) groups is 1. The highest BCUT2D eigenvalue weighted by Crippen LogP contribution is 2.03. The van der Waals surface area contributed by atoms with E-state index in [2.05, 4.69) is 20.9 Å². The van der Waals surface area contributed by atoms with Gasteiger partial charge in [-0.15, -0.1) is 24.0 Å². The number of aryl methyl sites for hydroxylation is 1. The van der Waals surface area contributed by atoms with E-state index >= 15 is 0 Å². The minimum atomic E-state index is -0.0642. The number of rotatable bonds is 12. The molecule has 0 aliphatic carbocycles. The molecule has 3 N–H and O–H groups in total. The Morgan fingerprint density at radius 3 is 2.59 bits per heavy atom. The van der Waals surface area contributed by atoms with Gasteiger partial charge in [0.05, 0.1) is 13.2 Å². The fraction of sp³-hybridized carbons (Fsp3) is 0.579. The van der Waals surface area contributed by atoms with Crippen LogP contribution in [0.15, 0.2) is 29.3 Å². The highest BCUT2D eigenvalue weighted by atomic mass is 127. The summed E-state index contributed by atoms with van der Waals surface area (Å²) in [6, 6.07) is 7.55. The molecule has 154 valence electrons. The zero-order valence-electron chi connectivity index (χ0n) is 16.5. The van der Waals surface area contributed by atoms with Crippen LogP contribution in [0.25, 0.3) is 0 Å². The number of methoxy groups -OCH3 is 1. The van der Waals surface area contributed by atoms with Gasteiger partial charge in [-0.05, 0) is 32.4 Å². The number of ether oxygens (including phenoxy) is 2. The van der Waals surface area contributed by atoms with Crippen molar-refractivity contribution in [1.82, 2.24) is 16.0 Å². The highest BCUT2D eigenvalue weighted by molar-refractivity contribution is 14.0. The summed E-state index contributed by atoms with van der Waals surface area (Å²) in [4.78, 5) is 16.6. The summed E-state index contributed by atoms with van der Waals surface area (Å²) in [5.41, 5.74) is 1.75. The average molecular weight is 492 g/mol. The van der Waals surface area contributed by atoms with Crippen LogP contribution >= 0.6 is 24.0 Å². The number of benzene rings is 1. The number of nitrogens with one attached hydrogen (secondary N) is 3. The summed E-state index contributed by atoms with van der Waals surface area (Å²) >= 11 is 0. The quantitative estimate of drug-likeness (QED) is 0.180. The van der Waals surface area contributed by atoms with Gasteiger partial charge in [0.1, 0.15) is 0 Å². The second kappa shape index (κ2) is 16.8. The zero-order valence-corrected chi connectivity index (χ0v) is 18.9. The molecule has 0 aliphatic heterocycles. The van der Waals surface area contributed by atoms with E-state index in [4.69, 9.17) is 9.47 Å². The molecule has 0 spiro atoms. The predicted molar refractivity (Wildman–Crippen MR) is 120 cm³/mol. The van der Waals surface area contributed by atoms with Gasteiger partial charge in [-0.1, -0.05) is 17.7 Å². The minimum absolute atomic E-state index is 0. The Balaban J connectivity index is 0.00000676. The van der Waals surface area contributed by atoms with Crippen LogP contribution in [0.2, 0.25) is 0 Å². The first-order valence-electron chi connectivity index (χ1n) is 9.11. The molecule has 0 unspecified atom stereocenters. The Morgan fingerprint density at radius 2 is 1.89 bits per heavy atom. The van der Waals surface area contributed by atoms with E-state index in [-0.39, 0.29) is 29.9 Å². The first-order chi connectivity index (χ1) is 12.7. The van der Waals surface area contributed by atoms with Crippen molar-refractivity contribution in [3.05, 3.63) is 35.4 Å². The Hall–Kier alpha value is -1.39. The average Bonchev–Trinajstić information content (AvgIpc) is 2.64. The molecule has 1 aromatic rings. The van der Waals surface area contributed by atoms with Gasteiger partial charge < -0.3 is 25.4 Å². The normalized spacial score (nSPS) is 10.9. The molecule has 27 heavy (non-hydrogen) atoms. The molecule has 1 rings (SSSR count). The topological polar surface area (TPSA) is 84.0 Å². The summed E-state index contributed by atoms with van der Waals surface area (Å²) in [6.45, 7) is 8.47. The fourth-order valence-corrected chi connectivity index (χ4v) is 2.19. The zero-order chi connectivity index (χ0) is 19.0. The molecule has 0 saturated heterocycles. The molecule has 8 heteroatoms. The predicted octanol–water partition coefficient (Wildman–Crippen LogP) is 1.95. The van der Waals surface area contributed by atoms with Crippen LogP contribution in [-0.4, -0.2) is 65.0 Å². The lowest BCUT2D eigenvalue weighted by Gasteiger charge is -2.12. The van der Waals surface area contributed by atoms with Crippen molar-refractivity contribution in [3.8, 4) is 0 Å². The van der Waals surface area contributed by atoms with Crippen LogP contribution in [0.4, 0.5) is 0 Å². The Kier molecular flexibility index (Phi) is 15.9. The van der Waals surface area contributed by atoms with Crippen molar-refractivity contribution in [3.63, 3.8) is 0 Å². The van der Waals surface area contributed by atoms with E-state index in [0.717, 1.165) is 24.5 Å². The largest absolute Gasteiger partial charge is 0.382 e. The van der Waals surface area contributed by atoms with Crippen molar-refractivity contribution in [2.24, 2.45) is 4.99 Å². The highest BCUT2D eigenvalue weighted by Gasteiger charge is 2.04. The first kappa shape index (κ1) is 25.6. The van der Waals surface area contributed by atoms with Crippen LogP contribution in [0, 0.1) is 6.92 Å². The van der Waals surface area contributed by atoms with Crippen LogP contribution in [-0.2, 0) is 9.47 Å². The summed E-state index contributed by atoms with van der Waals surface area (Å²) < 4.78 is 10.3. The van der Waals surface area contributed by atoms with Gasteiger partial charge in [-0.3, -0.25) is 9.79 Å². The second-order valence-corrected chi connectivity index (χ2v) is 5.77. The third-order valence-electron chi connectivity index (χ3n) is 3.48. The van der Waals surface area contributed by atoms with Crippen LogP contribution in [0.3, 0.4) is 0 Å². The standard InChI is InChI=1S/C19H32N4O3.HI/c1-4-20-19(22-9-6-12-26-14-13-25-3)23-11-10-21-18(24)17-8-5-7-16(2)15-17;/h5,7-8,15H,4,6,9-14H2,1-3H3,(H,21,24)(H2,20,22,23);1H. The minimum Gasteiger partial charge on any atom is -0.382 e. The van der Waals surface area contributed by atoms with Crippen molar-refractivity contribution in [2.75, 3.05) is 53.1 Å². The summed E-state index contributed by atoms with van der Waals surface area (Å²) in [6.07, 6.45) is 0.852. The van der Waals surface area contributed by atoms with Gasteiger partial charge in [-0.25, -0.2) is 0 Å². The smallest absolute Gasteiger partial charge is 0.251 e. The van der Waals surface area contributed by atoms with Crippen LogP contribution < -0.4 is 16.0 Å².